The van der Waals surface area contributed by atoms with Gasteiger partial charge in [0.15, 0.2) is 0 Å². The van der Waals surface area contributed by atoms with Crippen LogP contribution in [-0.2, 0) is 0 Å². The molecule has 1 aliphatic rings. The summed E-state index contributed by atoms with van der Waals surface area (Å²) in [5.41, 5.74) is 3.38. The number of hydrogen-bond donors (Lipinski definition) is 1. The summed E-state index contributed by atoms with van der Waals surface area (Å²) in [7, 11) is 0. The van der Waals surface area contributed by atoms with E-state index in [2.05, 4.69) is 20.4 Å². The van der Waals surface area contributed by atoms with E-state index in [9.17, 15) is 4.79 Å². The van der Waals surface area contributed by atoms with Gasteiger partial charge in [-0.3, -0.25) is 4.79 Å². The van der Waals surface area contributed by atoms with Crippen molar-refractivity contribution in [1.82, 2.24) is 15.1 Å². The Hall–Kier alpha value is -2.76. The fraction of sp³-hybridized carbons (Fsp3) is 0.294. The highest BCUT2D eigenvalue weighted by Crippen LogP contribution is 2.40. The van der Waals surface area contributed by atoms with Crippen LogP contribution in [0.1, 0.15) is 46.2 Å². The van der Waals surface area contributed by atoms with Crippen molar-refractivity contribution in [2.24, 2.45) is 0 Å². The third kappa shape index (κ3) is 2.56. The Balaban J connectivity index is 1.77. The summed E-state index contributed by atoms with van der Waals surface area (Å²) >= 11 is 0. The number of nitrogens with one attached hydrogen (secondary N) is 1. The number of nitrogens with zero attached hydrogens (tertiary/aromatic N) is 3. The second-order valence-electron chi connectivity index (χ2n) is 5.94. The lowest BCUT2D eigenvalue weighted by Crippen LogP contribution is -2.14. The molecule has 3 heterocycles. The van der Waals surface area contributed by atoms with Crippen LogP contribution in [0.15, 0.2) is 28.8 Å². The number of fused-ring (bicyclic) bond motifs is 1. The molecule has 6 nitrogen and oxygen atoms in total. The second-order valence-corrected chi connectivity index (χ2v) is 5.94. The van der Waals surface area contributed by atoms with E-state index >= 15 is 0 Å². The van der Waals surface area contributed by atoms with Crippen LogP contribution in [0.5, 0.6) is 0 Å². The molecule has 6 heteroatoms. The van der Waals surface area contributed by atoms with Crippen LogP contribution >= 0.6 is 0 Å². The SMILES string of the molecule is Cc1cccc(NC(=O)c2cc(C3CC3)nc3onc(C)c23)n1. The molecule has 1 saturated carbocycles. The van der Waals surface area contributed by atoms with Gasteiger partial charge in [-0.1, -0.05) is 11.2 Å². The normalized spacial score (nSPS) is 14.2. The summed E-state index contributed by atoms with van der Waals surface area (Å²) in [5.74, 6) is 0.735. The fourth-order valence-electron chi connectivity index (χ4n) is 2.68. The quantitative estimate of drug-likeness (QED) is 0.802. The van der Waals surface area contributed by atoms with E-state index in [-0.39, 0.29) is 5.91 Å². The van der Waals surface area contributed by atoms with Gasteiger partial charge in [0.1, 0.15) is 5.82 Å². The Kier molecular flexibility index (Phi) is 3.11. The Bertz CT molecular complexity index is 912. The lowest BCUT2D eigenvalue weighted by molar-refractivity contribution is 0.102. The summed E-state index contributed by atoms with van der Waals surface area (Å²) in [6.45, 7) is 3.70. The Morgan fingerprint density at radius 1 is 1.26 bits per heavy atom. The minimum Gasteiger partial charge on any atom is -0.336 e. The minimum atomic E-state index is -0.219. The molecular formula is C17H16N4O2. The highest BCUT2D eigenvalue weighted by atomic mass is 16.5. The zero-order valence-corrected chi connectivity index (χ0v) is 13.0. The summed E-state index contributed by atoms with van der Waals surface area (Å²) < 4.78 is 5.27. The second kappa shape index (κ2) is 5.15. The number of aryl methyl sites for hydroxylation is 2. The number of rotatable bonds is 3. The first kappa shape index (κ1) is 13.9. The van der Waals surface area contributed by atoms with Crippen LogP contribution in [0.25, 0.3) is 11.1 Å². The molecule has 0 aromatic carbocycles. The summed E-state index contributed by atoms with van der Waals surface area (Å²) in [6.07, 6.45) is 2.21. The van der Waals surface area contributed by atoms with Gasteiger partial charge in [0.25, 0.3) is 11.6 Å². The van der Waals surface area contributed by atoms with Crippen LogP contribution in [0.3, 0.4) is 0 Å². The van der Waals surface area contributed by atoms with Crippen LogP contribution < -0.4 is 5.32 Å². The largest absolute Gasteiger partial charge is 0.336 e. The minimum absolute atomic E-state index is 0.219. The number of carbonyl (C=O) groups excluding carboxylic acids is 1. The van der Waals surface area contributed by atoms with E-state index in [0.29, 0.717) is 34.1 Å². The molecule has 1 fully saturated rings. The number of anilines is 1. The number of hydrogen-bond acceptors (Lipinski definition) is 5. The van der Waals surface area contributed by atoms with Gasteiger partial charge in [-0.2, -0.15) is 0 Å². The zero-order chi connectivity index (χ0) is 16.0. The molecule has 1 aliphatic carbocycles. The molecule has 4 rings (SSSR count). The van der Waals surface area contributed by atoms with Crippen molar-refractivity contribution in [3.05, 3.63) is 46.9 Å². The first-order valence-corrected chi connectivity index (χ1v) is 7.64. The van der Waals surface area contributed by atoms with Crippen LogP contribution in [0.4, 0.5) is 5.82 Å². The van der Waals surface area contributed by atoms with Gasteiger partial charge in [-0.05, 0) is 44.9 Å². The summed E-state index contributed by atoms with van der Waals surface area (Å²) in [6, 6.07) is 7.37. The van der Waals surface area contributed by atoms with Crippen molar-refractivity contribution in [2.45, 2.75) is 32.6 Å². The van der Waals surface area contributed by atoms with E-state index in [4.69, 9.17) is 4.52 Å². The van der Waals surface area contributed by atoms with Gasteiger partial charge in [-0.25, -0.2) is 9.97 Å². The molecule has 116 valence electrons. The lowest BCUT2D eigenvalue weighted by Gasteiger charge is -2.07. The first-order chi connectivity index (χ1) is 11.1. The summed E-state index contributed by atoms with van der Waals surface area (Å²) in [5, 5.41) is 7.46. The summed E-state index contributed by atoms with van der Waals surface area (Å²) in [4.78, 5) is 21.5. The van der Waals surface area contributed by atoms with E-state index in [1.165, 1.54) is 0 Å². The fourth-order valence-corrected chi connectivity index (χ4v) is 2.68. The standard InChI is InChI=1S/C17H16N4O2/c1-9-4-3-5-14(18-9)20-16(22)12-8-13(11-6-7-11)19-17-15(12)10(2)21-23-17/h3-5,8,11H,6-7H2,1-2H3,(H,18,20,22). The van der Waals surface area contributed by atoms with Crippen molar-refractivity contribution < 1.29 is 9.32 Å². The smallest absolute Gasteiger partial charge is 0.259 e. The molecule has 1 amide bonds. The number of aromatic nitrogens is 3. The Labute approximate surface area is 132 Å². The molecular weight excluding hydrogens is 292 g/mol. The van der Waals surface area contributed by atoms with Crippen LogP contribution in [0, 0.1) is 13.8 Å². The molecule has 0 bridgehead atoms. The van der Waals surface area contributed by atoms with Crippen LogP contribution in [0.2, 0.25) is 0 Å². The van der Waals surface area contributed by atoms with Gasteiger partial charge in [0, 0.05) is 17.3 Å². The maximum atomic E-state index is 12.7. The van der Waals surface area contributed by atoms with E-state index in [1.54, 1.807) is 6.07 Å². The monoisotopic (exact) mass is 308 g/mol. The molecule has 0 saturated heterocycles. The van der Waals surface area contributed by atoms with Gasteiger partial charge >= 0.3 is 0 Å². The Morgan fingerprint density at radius 2 is 2.09 bits per heavy atom. The van der Waals surface area contributed by atoms with E-state index in [0.717, 1.165) is 24.2 Å². The molecule has 3 aromatic rings. The average Bonchev–Trinajstić information content (AvgIpc) is 3.31. The number of pyridine rings is 2. The third-order valence-corrected chi connectivity index (χ3v) is 4.01. The lowest BCUT2D eigenvalue weighted by atomic mass is 10.1. The van der Waals surface area contributed by atoms with E-state index < -0.39 is 0 Å². The number of carbonyl (C=O) groups is 1. The molecule has 0 atom stereocenters. The first-order valence-electron chi connectivity index (χ1n) is 7.64. The van der Waals surface area contributed by atoms with Gasteiger partial charge < -0.3 is 9.84 Å². The maximum absolute atomic E-state index is 12.7. The number of amides is 1. The highest BCUT2D eigenvalue weighted by Gasteiger charge is 2.28. The van der Waals surface area contributed by atoms with Crippen molar-refractivity contribution >= 4 is 22.8 Å². The van der Waals surface area contributed by atoms with Gasteiger partial charge in [0.05, 0.1) is 16.6 Å². The molecule has 0 unspecified atom stereocenters. The molecule has 0 radical (unpaired) electrons. The van der Waals surface area contributed by atoms with Crippen molar-refractivity contribution in [1.29, 1.82) is 0 Å². The topological polar surface area (TPSA) is 80.9 Å². The van der Waals surface area contributed by atoms with E-state index in [1.807, 2.05) is 32.0 Å². The Morgan fingerprint density at radius 3 is 2.83 bits per heavy atom. The highest BCUT2D eigenvalue weighted by molar-refractivity contribution is 6.12. The average molecular weight is 308 g/mol. The van der Waals surface area contributed by atoms with Crippen molar-refractivity contribution in [2.75, 3.05) is 5.32 Å². The zero-order valence-electron chi connectivity index (χ0n) is 13.0. The predicted molar refractivity (Wildman–Crippen MR) is 85.4 cm³/mol. The van der Waals surface area contributed by atoms with Gasteiger partial charge in [0.2, 0.25) is 0 Å². The molecule has 1 N–H and O–H groups in total. The van der Waals surface area contributed by atoms with Gasteiger partial charge in [-0.15, -0.1) is 0 Å². The third-order valence-electron chi connectivity index (χ3n) is 4.01. The molecule has 3 aromatic heterocycles. The maximum Gasteiger partial charge on any atom is 0.259 e. The van der Waals surface area contributed by atoms with Crippen molar-refractivity contribution in [3.63, 3.8) is 0 Å². The van der Waals surface area contributed by atoms with Crippen LogP contribution in [-0.4, -0.2) is 21.0 Å². The molecule has 0 spiro atoms. The molecule has 0 aliphatic heterocycles. The van der Waals surface area contributed by atoms with Crippen molar-refractivity contribution in [3.8, 4) is 0 Å². The molecule has 23 heavy (non-hydrogen) atoms. The predicted octanol–water partition coefficient (Wildman–Crippen LogP) is 3.36.